The lowest BCUT2D eigenvalue weighted by atomic mass is 10.1. The summed E-state index contributed by atoms with van der Waals surface area (Å²) < 4.78 is 5.07. The molecular weight excluding hydrogens is 404 g/mol. The van der Waals surface area contributed by atoms with Gasteiger partial charge in [-0.1, -0.05) is 17.7 Å². The van der Waals surface area contributed by atoms with Gasteiger partial charge in [0.2, 0.25) is 0 Å². The summed E-state index contributed by atoms with van der Waals surface area (Å²) in [7, 11) is 0. The van der Waals surface area contributed by atoms with Crippen LogP contribution in [0.15, 0.2) is 42.5 Å². The highest BCUT2D eigenvalue weighted by molar-refractivity contribution is 6.30. The Kier molecular flexibility index (Phi) is 8.57. The number of nitriles is 1. The fraction of sp³-hybridized carbons (Fsp3) is 0.304. The van der Waals surface area contributed by atoms with Crippen LogP contribution in [0, 0.1) is 25.2 Å². The van der Waals surface area contributed by atoms with Crippen molar-refractivity contribution in [2.45, 2.75) is 33.1 Å². The summed E-state index contributed by atoms with van der Waals surface area (Å²) in [6.45, 7) is 3.58. The van der Waals surface area contributed by atoms with Crippen LogP contribution in [0.25, 0.3) is 0 Å². The summed E-state index contributed by atoms with van der Waals surface area (Å²) in [5.74, 6) is -1.26. The van der Waals surface area contributed by atoms with E-state index in [2.05, 4.69) is 0 Å². The lowest BCUT2D eigenvalue weighted by Crippen LogP contribution is -2.35. The first kappa shape index (κ1) is 23.1. The fourth-order valence-electron chi connectivity index (χ4n) is 2.95. The van der Waals surface area contributed by atoms with Gasteiger partial charge in [-0.05, 0) is 61.4 Å². The van der Waals surface area contributed by atoms with Crippen molar-refractivity contribution in [2.24, 2.45) is 0 Å². The van der Waals surface area contributed by atoms with Gasteiger partial charge in [0.1, 0.15) is 0 Å². The van der Waals surface area contributed by atoms with Crippen LogP contribution in [0.3, 0.4) is 0 Å². The molecule has 0 atom stereocenters. The molecule has 0 N–H and O–H groups in total. The molecule has 1 amide bonds. The van der Waals surface area contributed by atoms with Crippen LogP contribution in [0.2, 0.25) is 5.02 Å². The number of amides is 1. The van der Waals surface area contributed by atoms with Crippen molar-refractivity contribution in [2.75, 3.05) is 18.1 Å². The minimum Gasteiger partial charge on any atom is -0.456 e. The number of anilines is 1. The molecule has 0 aliphatic carbocycles. The van der Waals surface area contributed by atoms with E-state index in [-0.39, 0.29) is 31.6 Å². The van der Waals surface area contributed by atoms with Gasteiger partial charge in [0.05, 0.1) is 18.9 Å². The van der Waals surface area contributed by atoms with Gasteiger partial charge in [0, 0.05) is 29.2 Å². The van der Waals surface area contributed by atoms with E-state index in [1.54, 1.807) is 24.3 Å². The Morgan fingerprint density at radius 3 is 2.27 bits per heavy atom. The number of rotatable bonds is 9. The standard InChI is InChI=1S/C23H23ClN2O4/c1-16-12-17(2)14-20(13-16)26(11-3-10-25)22(28)15-30-23(29)9-8-21(27)18-4-6-19(24)7-5-18/h4-7,12-14H,3,8-9,11,15H2,1-2H3. The molecule has 2 rings (SSSR count). The third-order valence-corrected chi connectivity index (χ3v) is 4.60. The maximum atomic E-state index is 12.6. The molecule has 0 radical (unpaired) electrons. The quantitative estimate of drug-likeness (QED) is 0.437. The monoisotopic (exact) mass is 426 g/mol. The molecule has 0 heterocycles. The Balaban J connectivity index is 1.92. The van der Waals surface area contributed by atoms with Gasteiger partial charge >= 0.3 is 5.97 Å². The zero-order chi connectivity index (χ0) is 22.1. The van der Waals surface area contributed by atoms with Crippen molar-refractivity contribution in [3.05, 3.63) is 64.2 Å². The number of halogens is 1. The molecule has 156 valence electrons. The average Bonchev–Trinajstić information content (AvgIpc) is 2.70. The molecule has 6 nitrogen and oxygen atoms in total. The van der Waals surface area contributed by atoms with Crippen LogP contribution in [0.5, 0.6) is 0 Å². The smallest absolute Gasteiger partial charge is 0.306 e. The second-order valence-corrected chi connectivity index (χ2v) is 7.33. The van der Waals surface area contributed by atoms with E-state index >= 15 is 0 Å². The number of hydrogen-bond acceptors (Lipinski definition) is 5. The summed E-state index contributed by atoms with van der Waals surface area (Å²) in [4.78, 5) is 38.2. The van der Waals surface area contributed by atoms with Crippen LogP contribution in [-0.4, -0.2) is 30.8 Å². The zero-order valence-electron chi connectivity index (χ0n) is 17.0. The third kappa shape index (κ3) is 7.02. The predicted molar refractivity (Wildman–Crippen MR) is 114 cm³/mol. The number of ether oxygens (including phenoxy) is 1. The van der Waals surface area contributed by atoms with Crippen LogP contribution in [0.4, 0.5) is 5.69 Å². The molecule has 0 aromatic heterocycles. The maximum absolute atomic E-state index is 12.6. The molecule has 2 aromatic rings. The average molecular weight is 427 g/mol. The highest BCUT2D eigenvalue weighted by atomic mass is 35.5. The maximum Gasteiger partial charge on any atom is 0.306 e. The second-order valence-electron chi connectivity index (χ2n) is 6.89. The van der Waals surface area contributed by atoms with Gasteiger partial charge in [0.15, 0.2) is 12.4 Å². The first-order chi connectivity index (χ1) is 14.3. The predicted octanol–water partition coefficient (Wildman–Crippen LogP) is 4.41. The van der Waals surface area contributed by atoms with Gasteiger partial charge in [-0.2, -0.15) is 5.26 Å². The molecule has 0 saturated carbocycles. The van der Waals surface area contributed by atoms with E-state index in [1.807, 2.05) is 38.1 Å². The molecule has 0 aliphatic heterocycles. The van der Waals surface area contributed by atoms with Gasteiger partial charge in [-0.3, -0.25) is 14.4 Å². The number of carbonyl (C=O) groups is 3. The Morgan fingerprint density at radius 2 is 1.67 bits per heavy atom. The number of benzene rings is 2. The van der Waals surface area contributed by atoms with E-state index in [4.69, 9.17) is 21.6 Å². The topological polar surface area (TPSA) is 87.5 Å². The SMILES string of the molecule is Cc1cc(C)cc(N(CCC#N)C(=O)COC(=O)CCC(=O)c2ccc(Cl)cc2)c1. The molecule has 0 aliphatic rings. The van der Waals surface area contributed by atoms with Crippen molar-refractivity contribution in [1.82, 2.24) is 0 Å². The van der Waals surface area contributed by atoms with Crippen LogP contribution in [0.1, 0.15) is 40.7 Å². The van der Waals surface area contributed by atoms with Crippen LogP contribution in [-0.2, 0) is 14.3 Å². The number of hydrogen-bond donors (Lipinski definition) is 0. The Bertz CT molecular complexity index is 944. The van der Waals surface area contributed by atoms with Gasteiger partial charge in [-0.25, -0.2) is 0 Å². The molecule has 0 fully saturated rings. The number of nitrogens with zero attached hydrogens (tertiary/aromatic N) is 2. The summed E-state index contributed by atoms with van der Waals surface area (Å²) >= 11 is 5.79. The highest BCUT2D eigenvalue weighted by Crippen LogP contribution is 2.19. The number of carbonyl (C=O) groups excluding carboxylic acids is 3. The minimum atomic E-state index is -0.633. The van der Waals surface area contributed by atoms with Crippen molar-refractivity contribution in [3.8, 4) is 6.07 Å². The van der Waals surface area contributed by atoms with Gasteiger partial charge in [-0.15, -0.1) is 0 Å². The van der Waals surface area contributed by atoms with E-state index < -0.39 is 18.5 Å². The van der Waals surface area contributed by atoms with Gasteiger partial charge in [0.25, 0.3) is 5.91 Å². The van der Waals surface area contributed by atoms with E-state index in [0.717, 1.165) is 11.1 Å². The normalized spacial score (nSPS) is 10.2. The first-order valence-corrected chi connectivity index (χ1v) is 9.88. The zero-order valence-corrected chi connectivity index (χ0v) is 17.7. The minimum absolute atomic E-state index is 0.0239. The molecule has 7 heteroatoms. The molecule has 30 heavy (non-hydrogen) atoms. The molecule has 2 aromatic carbocycles. The molecule has 0 spiro atoms. The lowest BCUT2D eigenvalue weighted by molar-refractivity contribution is -0.147. The summed E-state index contributed by atoms with van der Waals surface area (Å²) in [5.41, 5.74) is 3.08. The largest absolute Gasteiger partial charge is 0.456 e. The van der Waals surface area contributed by atoms with Gasteiger partial charge < -0.3 is 9.64 Å². The molecule has 0 saturated heterocycles. The Morgan fingerprint density at radius 1 is 1.03 bits per heavy atom. The lowest BCUT2D eigenvalue weighted by Gasteiger charge is -2.22. The molecular formula is C23H23ClN2O4. The van der Waals surface area contributed by atoms with E-state index in [1.165, 1.54) is 4.90 Å². The first-order valence-electron chi connectivity index (χ1n) is 9.50. The summed E-state index contributed by atoms with van der Waals surface area (Å²) in [6, 6.07) is 14.1. The fourth-order valence-corrected chi connectivity index (χ4v) is 3.08. The van der Waals surface area contributed by atoms with E-state index in [0.29, 0.717) is 16.3 Å². The highest BCUT2D eigenvalue weighted by Gasteiger charge is 2.19. The Labute approximate surface area is 181 Å². The van der Waals surface area contributed by atoms with Crippen molar-refractivity contribution in [1.29, 1.82) is 5.26 Å². The van der Waals surface area contributed by atoms with Crippen LogP contribution < -0.4 is 4.90 Å². The second kappa shape index (κ2) is 11.1. The number of ketones is 1. The van der Waals surface area contributed by atoms with Crippen molar-refractivity contribution >= 4 is 34.9 Å². The number of esters is 1. The summed E-state index contributed by atoms with van der Waals surface area (Å²) in [6.07, 6.45) is 0.00262. The summed E-state index contributed by atoms with van der Waals surface area (Å²) in [5, 5.41) is 9.41. The molecule has 0 bridgehead atoms. The third-order valence-electron chi connectivity index (χ3n) is 4.35. The molecule has 0 unspecified atom stereocenters. The van der Waals surface area contributed by atoms with E-state index in [9.17, 15) is 14.4 Å². The Hall–Kier alpha value is -3.17. The van der Waals surface area contributed by atoms with Crippen molar-refractivity contribution < 1.29 is 19.1 Å². The number of Topliss-reactive ketones (excluding diaryl/α,β-unsaturated/α-hetero) is 1. The number of aryl methyl sites for hydroxylation is 2. The van der Waals surface area contributed by atoms with Crippen LogP contribution >= 0.6 is 11.6 Å². The van der Waals surface area contributed by atoms with Crippen molar-refractivity contribution in [3.63, 3.8) is 0 Å².